The number of hydrogen-bond donors (Lipinski definition) is 2. The molecule has 1 saturated carbocycles. The first-order chi connectivity index (χ1) is 19.6. The van der Waals surface area contributed by atoms with E-state index >= 15 is 0 Å². The Morgan fingerprint density at radius 2 is 1.74 bits per heavy atom. The topological polar surface area (TPSA) is 91.0 Å². The highest BCUT2D eigenvalue weighted by atomic mass is 35.5. The predicted octanol–water partition coefficient (Wildman–Crippen LogP) is 5.74. The van der Waals surface area contributed by atoms with E-state index in [1.165, 1.54) is 12.1 Å². The van der Waals surface area contributed by atoms with Crippen molar-refractivity contribution in [3.05, 3.63) is 58.1 Å². The number of amides is 3. The number of nitrogens with zero attached hydrogens (tertiary/aromatic N) is 2. The second-order valence-corrected chi connectivity index (χ2v) is 12.4. The van der Waals surface area contributed by atoms with E-state index in [4.69, 9.17) is 27.9 Å². The highest BCUT2D eigenvalue weighted by Crippen LogP contribution is 2.38. The summed E-state index contributed by atoms with van der Waals surface area (Å²) in [6.07, 6.45) is -3.73. The number of fused-ring (bicyclic) bond motifs is 1. The number of carbonyl (C=O) groups is 3. The van der Waals surface area contributed by atoms with Crippen molar-refractivity contribution < 1.29 is 32.3 Å². The first-order valence-corrected chi connectivity index (χ1v) is 14.3. The molecule has 2 N–H and O–H groups in total. The summed E-state index contributed by atoms with van der Waals surface area (Å²) in [6.45, 7) is 3.92. The van der Waals surface area contributed by atoms with Gasteiger partial charge in [0, 0.05) is 29.6 Å². The second-order valence-electron chi connectivity index (χ2n) is 11.6. The van der Waals surface area contributed by atoms with Gasteiger partial charge in [-0.1, -0.05) is 41.4 Å². The van der Waals surface area contributed by atoms with E-state index in [-0.39, 0.29) is 23.7 Å². The van der Waals surface area contributed by atoms with E-state index in [1.807, 2.05) is 4.90 Å². The highest BCUT2D eigenvalue weighted by molar-refractivity contribution is 6.35. The summed E-state index contributed by atoms with van der Waals surface area (Å²) in [4.78, 5) is 42.6. The number of nitrogens with one attached hydrogen (secondary N) is 2. The molecule has 1 aliphatic heterocycles. The molecule has 2 aromatic rings. The third-order valence-corrected chi connectivity index (χ3v) is 7.34. The van der Waals surface area contributed by atoms with Crippen molar-refractivity contribution in [1.82, 2.24) is 10.6 Å². The zero-order valence-corrected chi connectivity index (χ0v) is 24.9. The van der Waals surface area contributed by atoms with Crippen LogP contribution in [0.4, 0.5) is 29.3 Å². The van der Waals surface area contributed by atoms with Gasteiger partial charge in [0.15, 0.2) is 0 Å². The van der Waals surface area contributed by atoms with Gasteiger partial charge in [-0.3, -0.25) is 14.5 Å². The standard InChI is InChI=1S/C29H33Cl2F3N4O4/c1-28(2,3)42-27(41)36-21(12-18-10-11-19(30)13-20(18)31)25(39)35-22-15-37(14-17-8-9-17)23-6-4-5-7-24(23)38(26(22)40)16-29(32,33)34/h4-7,10-11,13,17,21-22H,8-9,12,14-16H2,1-3H3,(H,35,39)(H,36,41)/t21-,22-/m1/s1. The fraction of sp³-hybridized carbons (Fsp3) is 0.483. The summed E-state index contributed by atoms with van der Waals surface area (Å²) < 4.78 is 46.4. The number of ether oxygens (including phenoxy) is 1. The van der Waals surface area contributed by atoms with Crippen molar-refractivity contribution in [2.45, 2.75) is 63.9 Å². The first-order valence-electron chi connectivity index (χ1n) is 13.6. The van der Waals surface area contributed by atoms with Crippen LogP contribution in [-0.4, -0.2) is 61.4 Å². The third kappa shape index (κ3) is 8.67. The number of para-hydroxylation sites is 2. The molecule has 4 rings (SSSR count). The van der Waals surface area contributed by atoms with Crippen molar-refractivity contribution in [3.8, 4) is 0 Å². The molecule has 3 amide bonds. The Balaban J connectivity index is 1.64. The van der Waals surface area contributed by atoms with E-state index in [1.54, 1.807) is 51.1 Å². The van der Waals surface area contributed by atoms with Gasteiger partial charge in [0.05, 0.1) is 11.4 Å². The maximum absolute atomic E-state index is 13.7. The van der Waals surface area contributed by atoms with Crippen LogP contribution in [0, 0.1) is 5.92 Å². The first kappa shape index (κ1) is 31.7. The number of rotatable bonds is 8. The number of halogens is 5. The van der Waals surface area contributed by atoms with Crippen LogP contribution >= 0.6 is 23.2 Å². The fourth-order valence-electron chi connectivity index (χ4n) is 4.74. The van der Waals surface area contributed by atoms with Crippen LogP contribution in [0.25, 0.3) is 0 Å². The molecule has 2 atom stereocenters. The third-order valence-electron chi connectivity index (χ3n) is 6.76. The molecule has 0 saturated heterocycles. The van der Waals surface area contributed by atoms with Crippen LogP contribution in [-0.2, 0) is 20.7 Å². The summed E-state index contributed by atoms with van der Waals surface area (Å²) in [6, 6.07) is 8.45. The van der Waals surface area contributed by atoms with Gasteiger partial charge >= 0.3 is 12.3 Å². The Bertz CT molecular complexity index is 1330. The Hall–Kier alpha value is -3.18. The van der Waals surface area contributed by atoms with Gasteiger partial charge in [0.2, 0.25) is 5.91 Å². The van der Waals surface area contributed by atoms with Crippen LogP contribution in [0.15, 0.2) is 42.5 Å². The Kier molecular flexibility index (Phi) is 9.52. The van der Waals surface area contributed by atoms with E-state index in [9.17, 15) is 27.6 Å². The molecule has 1 fully saturated rings. The molecule has 0 bridgehead atoms. The molecule has 0 spiro atoms. The minimum Gasteiger partial charge on any atom is -0.444 e. The van der Waals surface area contributed by atoms with Gasteiger partial charge in [0.1, 0.15) is 24.2 Å². The molecular weight excluding hydrogens is 596 g/mol. The molecule has 0 aromatic heterocycles. The number of carbonyl (C=O) groups excluding carboxylic acids is 3. The maximum atomic E-state index is 13.7. The van der Waals surface area contributed by atoms with Crippen molar-refractivity contribution >= 4 is 52.5 Å². The van der Waals surface area contributed by atoms with Crippen LogP contribution < -0.4 is 20.4 Å². The number of hydrogen-bond acceptors (Lipinski definition) is 5. The van der Waals surface area contributed by atoms with E-state index < -0.39 is 48.3 Å². The lowest BCUT2D eigenvalue weighted by Gasteiger charge is -2.28. The molecule has 2 aliphatic rings. The van der Waals surface area contributed by atoms with Gasteiger partial charge in [-0.25, -0.2) is 4.79 Å². The van der Waals surface area contributed by atoms with Gasteiger partial charge in [-0.2, -0.15) is 13.2 Å². The molecule has 0 unspecified atom stereocenters. The summed E-state index contributed by atoms with van der Waals surface area (Å²) in [5, 5.41) is 5.76. The Labute approximate surface area is 252 Å². The van der Waals surface area contributed by atoms with Gasteiger partial charge < -0.3 is 20.3 Å². The zero-order chi connectivity index (χ0) is 30.8. The Morgan fingerprint density at radius 3 is 2.33 bits per heavy atom. The summed E-state index contributed by atoms with van der Waals surface area (Å²) in [5.41, 5.74) is 0.211. The number of alkyl halides is 3. The molecular formula is C29H33Cl2F3N4O4. The van der Waals surface area contributed by atoms with Crippen molar-refractivity contribution in [1.29, 1.82) is 0 Å². The lowest BCUT2D eigenvalue weighted by Crippen LogP contribution is -2.58. The van der Waals surface area contributed by atoms with Gasteiger partial charge in [0.25, 0.3) is 5.91 Å². The molecule has 2 aromatic carbocycles. The average molecular weight is 630 g/mol. The fourth-order valence-corrected chi connectivity index (χ4v) is 5.22. The smallest absolute Gasteiger partial charge is 0.408 e. The van der Waals surface area contributed by atoms with Crippen molar-refractivity contribution in [3.63, 3.8) is 0 Å². The van der Waals surface area contributed by atoms with Crippen LogP contribution in [0.1, 0.15) is 39.2 Å². The predicted molar refractivity (Wildman–Crippen MR) is 155 cm³/mol. The highest BCUT2D eigenvalue weighted by Gasteiger charge is 2.42. The van der Waals surface area contributed by atoms with E-state index in [0.29, 0.717) is 33.6 Å². The van der Waals surface area contributed by atoms with Crippen LogP contribution in [0.2, 0.25) is 10.0 Å². The quantitative estimate of drug-likeness (QED) is 0.389. The van der Waals surface area contributed by atoms with E-state index in [0.717, 1.165) is 12.8 Å². The second kappa shape index (κ2) is 12.6. The summed E-state index contributed by atoms with van der Waals surface area (Å²) in [5.74, 6) is -1.35. The minimum atomic E-state index is -4.69. The molecule has 8 nitrogen and oxygen atoms in total. The van der Waals surface area contributed by atoms with Crippen LogP contribution in [0.5, 0.6) is 0 Å². The zero-order valence-electron chi connectivity index (χ0n) is 23.4. The normalized spacial score (nSPS) is 18.2. The number of benzene rings is 2. The van der Waals surface area contributed by atoms with Crippen molar-refractivity contribution in [2.24, 2.45) is 5.92 Å². The summed E-state index contributed by atoms with van der Waals surface area (Å²) >= 11 is 12.3. The monoisotopic (exact) mass is 628 g/mol. The Morgan fingerprint density at radius 1 is 1.07 bits per heavy atom. The molecule has 1 heterocycles. The minimum absolute atomic E-state index is 0.0483. The molecule has 13 heteroatoms. The van der Waals surface area contributed by atoms with E-state index in [2.05, 4.69) is 10.6 Å². The van der Waals surface area contributed by atoms with Gasteiger partial charge in [-0.15, -0.1) is 0 Å². The average Bonchev–Trinajstić information content (AvgIpc) is 3.70. The van der Waals surface area contributed by atoms with Gasteiger partial charge in [-0.05, 0) is 69.4 Å². The van der Waals surface area contributed by atoms with Crippen LogP contribution in [0.3, 0.4) is 0 Å². The molecule has 1 aliphatic carbocycles. The lowest BCUT2D eigenvalue weighted by atomic mass is 10.0. The number of alkyl carbamates (subject to hydrolysis) is 1. The number of anilines is 2. The SMILES string of the molecule is CC(C)(C)OC(=O)N[C@H](Cc1ccc(Cl)cc1Cl)C(=O)N[C@@H]1CN(CC2CC2)c2ccccc2N(CC(F)(F)F)C1=O. The molecule has 0 radical (unpaired) electrons. The van der Waals surface area contributed by atoms with Crippen molar-refractivity contribution in [2.75, 3.05) is 29.4 Å². The largest absolute Gasteiger partial charge is 0.444 e. The molecule has 42 heavy (non-hydrogen) atoms. The summed E-state index contributed by atoms with van der Waals surface area (Å²) in [7, 11) is 0. The maximum Gasteiger partial charge on any atom is 0.408 e. The molecule has 228 valence electrons. The lowest BCUT2D eigenvalue weighted by molar-refractivity contribution is -0.135.